The lowest BCUT2D eigenvalue weighted by Crippen LogP contribution is -2.20. The van der Waals surface area contributed by atoms with Gasteiger partial charge in [0.2, 0.25) is 5.89 Å². The summed E-state index contributed by atoms with van der Waals surface area (Å²) in [5.41, 5.74) is 20.1. The molecule has 9 aromatic rings. The molecule has 0 saturated heterocycles. The van der Waals surface area contributed by atoms with E-state index in [1.807, 2.05) is 0 Å². The average molecular weight is 875 g/mol. The van der Waals surface area contributed by atoms with Gasteiger partial charge in [0.05, 0.1) is 5.69 Å². The van der Waals surface area contributed by atoms with Crippen LogP contribution in [0.1, 0.15) is 47.8 Å². The lowest BCUT2D eigenvalue weighted by Gasteiger charge is -2.33. The molecule has 2 atom stereocenters. The van der Waals surface area contributed by atoms with Crippen LogP contribution in [-0.2, 0) is 6.42 Å². The number of aromatic nitrogens is 1. The maximum absolute atomic E-state index is 6.62. The zero-order valence-corrected chi connectivity index (χ0v) is 37.9. The molecule has 3 nitrogen and oxygen atoms in total. The lowest BCUT2D eigenvalue weighted by molar-refractivity contribution is 0.476. The maximum Gasteiger partial charge on any atom is 0.226 e. The summed E-state index contributed by atoms with van der Waals surface area (Å²) in [6.07, 6.45) is 15.4. The van der Waals surface area contributed by atoms with Crippen LogP contribution in [-0.4, -0.2) is 4.98 Å². The summed E-state index contributed by atoms with van der Waals surface area (Å²) in [5.74, 6) is 2.29. The number of oxazole rings is 1. The van der Waals surface area contributed by atoms with Gasteiger partial charge in [-0.2, -0.15) is 0 Å². The fourth-order valence-corrected chi connectivity index (χ4v) is 10.5. The van der Waals surface area contributed by atoms with Crippen LogP contribution in [0.2, 0.25) is 0 Å². The highest BCUT2D eigenvalue weighted by atomic mass is 16.4. The standard InChI is InChI=1S/C65H50N2O/c1-4-16-45(17-5-1)48-32-34-50(35-33-48)54-24-14-28-58(44-54)67(57-27-13-23-53(43-57)47-20-8-3-9-21-47)61-31-11-10-29-59(61)55-25-12-26-56(42-55)60-30-15-22-51-40-41-62-64(63(51)60)66-65(68-62)52-38-36-49(37-39-52)46-18-6-2-7-19-46/h1-21,23-39,42-43,51,54H,22,40-41,44H2. The molecule has 0 amide bonds. The van der Waals surface area contributed by atoms with Crippen LogP contribution in [0.25, 0.3) is 67.1 Å². The summed E-state index contributed by atoms with van der Waals surface area (Å²) < 4.78 is 6.62. The van der Waals surface area contributed by atoms with Crippen LogP contribution in [0.5, 0.6) is 0 Å². The third kappa shape index (κ3) is 8.07. The van der Waals surface area contributed by atoms with E-state index in [1.165, 1.54) is 72.5 Å². The predicted octanol–water partition coefficient (Wildman–Crippen LogP) is 17.2. The van der Waals surface area contributed by atoms with Gasteiger partial charge in [0, 0.05) is 34.9 Å². The number of anilines is 2. The molecule has 326 valence electrons. The first-order valence-corrected chi connectivity index (χ1v) is 23.9. The molecular formula is C65H50N2O. The number of allylic oxidation sites excluding steroid dienone is 8. The van der Waals surface area contributed by atoms with Gasteiger partial charge in [-0.3, -0.25) is 0 Å². The number of rotatable bonds is 10. The van der Waals surface area contributed by atoms with Crippen molar-refractivity contribution in [2.45, 2.75) is 31.6 Å². The van der Waals surface area contributed by atoms with Crippen molar-refractivity contribution in [2.24, 2.45) is 5.92 Å². The van der Waals surface area contributed by atoms with Gasteiger partial charge in [0.1, 0.15) is 11.5 Å². The second kappa shape index (κ2) is 18.2. The number of para-hydroxylation sites is 1. The largest absolute Gasteiger partial charge is 0.441 e. The Morgan fingerprint density at radius 1 is 0.515 bits per heavy atom. The first-order chi connectivity index (χ1) is 33.7. The molecule has 0 saturated carbocycles. The Balaban J connectivity index is 0.917. The number of hydrogen-bond donors (Lipinski definition) is 0. The fraction of sp³-hybridized carbons (Fsp3) is 0.0923. The van der Waals surface area contributed by atoms with Gasteiger partial charge >= 0.3 is 0 Å². The number of fused-ring (bicyclic) bond motifs is 3. The minimum Gasteiger partial charge on any atom is -0.441 e. The molecule has 0 bridgehead atoms. The minimum atomic E-state index is 0.223. The van der Waals surface area contributed by atoms with Gasteiger partial charge in [0.15, 0.2) is 0 Å². The van der Waals surface area contributed by atoms with Crippen LogP contribution >= 0.6 is 0 Å². The van der Waals surface area contributed by atoms with Crippen molar-refractivity contribution >= 4 is 22.5 Å². The highest BCUT2D eigenvalue weighted by Gasteiger charge is 2.33. The van der Waals surface area contributed by atoms with Crippen molar-refractivity contribution < 1.29 is 4.42 Å². The van der Waals surface area contributed by atoms with Crippen LogP contribution in [0.15, 0.2) is 253 Å². The van der Waals surface area contributed by atoms with E-state index in [9.17, 15) is 0 Å². The van der Waals surface area contributed by atoms with Gasteiger partial charge in [0.25, 0.3) is 0 Å². The maximum atomic E-state index is 6.62. The van der Waals surface area contributed by atoms with Crippen molar-refractivity contribution in [2.75, 3.05) is 4.90 Å². The summed E-state index contributed by atoms with van der Waals surface area (Å²) in [6.45, 7) is 0. The Morgan fingerprint density at radius 3 is 1.84 bits per heavy atom. The van der Waals surface area contributed by atoms with Gasteiger partial charge in [-0.05, 0) is 129 Å². The minimum absolute atomic E-state index is 0.223. The first kappa shape index (κ1) is 41.2. The lowest BCUT2D eigenvalue weighted by atomic mass is 9.76. The monoisotopic (exact) mass is 874 g/mol. The van der Waals surface area contributed by atoms with Crippen molar-refractivity contribution in [3.63, 3.8) is 0 Å². The molecule has 0 aliphatic heterocycles. The second-order valence-electron chi connectivity index (χ2n) is 18.1. The summed E-state index contributed by atoms with van der Waals surface area (Å²) >= 11 is 0. The molecule has 3 heteroatoms. The normalized spacial score (nSPS) is 16.2. The molecular weight excluding hydrogens is 825 g/mol. The molecule has 68 heavy (non-hydrogen) atoms. The molecule has 3 aliphatic carbocycles. The van der Waals surface area contributed by atoms with E-state index in [2.05, 4.69) is 248 Å². The van der Waals surface area contributed by atoms with Crippen LogP contribution < -0.4 is 4.90 Å². The van der Waals surface area contributed by atoms with E-state index in [4.69, 9.17) is 9.40 Å². The molecule has 8 aromatic carbocycles. The fourth-order valence-electron chi connectivity index (χ4n) is 10.5. The molecule has 0 N–H and O–H groups in total. The molecule has 0 spiro atoms. The first-order valence-electron chi connectivity index (χ1n) is 23.9. The van der Waals surface area contributed by atoms with E-state index >= 15 is 0 Å². The van der Waals surface area contributed by atoms with Crippen molar-refractivity contribution in [1.29, 1.82) is 0 Å². The Morgan fingerprint density at radius 2 is 1.10 bits per heavy atom. The Labute approximate surface area is 399 Å². The van der Waals surface area contributed by atoms with E-state index in [0.717, 1.165) is 54.1 Å². The number of nitrogens with zero attached hydrogens (tertiary/aromatic N) is 2. The Kier molecular flexibility index (Phi) is 11.0. The smallest absolute Gasteiger partial charge is 0.226 e. The summed E-state index contributed by atoms with van der Waals surface area (Å²) in [4.78, 5) is 7.78. The van der Waals surface area contributed by atoms with Crippen LogP contribution in [0, 0.1) is 5.92 Å². The molecule has 2 unspecified atom stereocenters. The topological polar surface area (TPSA) is 29.3 Å². The molecule has 0 radical (unpaired) electrons. The zero-order valence-electron chi connectivity index (χ0n) is 37.9. The van der Waals surface area contributed by atoms with Crippen molar-refractivity contribution in [3.8, 4) is 56.0 Å². The van der Waals surface area contributed by atoms with E-state index in [-0.39, 0.29) is 5.92 Å². The van der Waals surface area contributed by atoms with Gasteiger partial charge in [-0.1, -0.05) is 200 Å². The third-order valence-corrected chi connectivity index (χ3v) is 14.0. The predicted molar refractivity (Wildman–Crippen MR) is 282 cm³/mol. The van der Waals surface area contributed by atoms with Crippen molar-refractivity contribution in [3.05, 3.63) is 271 Å². The Hall–Kier alpha value is -8.27. The summed E-state index contributed by atoms with van der Waals surface area (Å²) in [5, 5.41) is 0. The van der Waals surface area contributed by atoms with Gasteiger partial charge in [-0.15, -0.1) is 0 Å². The number of aryl methyl sites for hydroxylation is 1. The highest BCUT2D eigenvalue weighted by molar-refractivity contribution is 5.99. The number of hydrogen-bond acceptors (Lipinski definition) is 3. The quantitative estimate of drug-likeness (QED) is 0.137. The molecule has 12 rings (SSSR count). The highest BCUT2D eigenvalue weighted by Crippen LogP contribution is 2.48. The molecule has 1 heterocycles. The van der Waals surface area contributed by atoms with E-state index < -0.39 is 0 Å². The van der Waals surface area contributed by atoms with Gasteiger partial charge in [-0.25, -0.2) is 4.98 Å². The van der Waals surface area contributed by atoms with E-state index in [0.29, 0.717) is 11.8 Å². The van der Waals surface area contributed by atoms with Crippen LogP contribution in [0.4, 0.5) is 11.4 Å². The van der Waals surface area contributed by atoms with Gasteiger partial charge < -0.3 is 9.32 Å². The SMILES string of the molecule is C1=CC(c2ccc(-c3ccccc3)cc2)CC(N(c2cccc(-c3ccccc3)c2)c2ccccc2-c2cccc(C3=C4c5nc(-c6ccc(-c7ccccc7)cc6)oc5CCC4CC=C3)c2)=C1. The Bertz CT molecular complexity index is 3370. The average Bonchev–Trinajstić information content (AvgIpc) is 3.87. The van der Waals surface area contributed by atoms with E-state index in [1.54, 1.807) is 0 Å². The second-order valence-corrected chi connectivity index (χ2v) is 18.1. The van der Waals surface area contributed by atoms with Crippen LogP contribution in [0.3, 0.4) is 0 Å². The zero-order chi connectivity index (χ0) is 45.2. The molecule has 3 aliphatic rings. The third-order valence-electron chi connectivity index (χ3n) is 14.0. The van der Waals surface area contributed by atoms with Crippen molar-refractivity contribution in [1.82, 2.24) is 4.98 Å². The number of benzene rings is 8. The molecule has 0 fully saturated rings. The summed E-state index contributed by atoms with van der Waals surface area (Å²) in [7, 11) is 0. The summed E-state index contributed by atoms with van der Waals surface area (Å²) in [6, 6.07) is 76.6. The molecule has 1 aromatic heterocycles.